The molecule has 0 radical (unpaired) electrons. The number of hydrogen-bond donors (Lipinski definition) is 1. The fourth-order valence-electron chi connectivity index (χ4n) is 1.44. The zero-order valence-corrected chi connectivity index (χ0v) is 9.86. The minimum absolute atomic E-state index is 0.00874. The largest absolute Gasteiger partial charge is 0.481 e. The highest BCUT2D eigenvalue weighted by molar-refractivity contribution is 5.71. The van der Waals surface area contributed by atoms with Crippen LogP contribution < -0.4 is 0 Å². The molecule has 0 spiro atoms. The molecule has 1 rings (SSSR count). The van der Waals surface area contributed by atoms with Crippen molar-refractivity contribution in [2.45, 2.75) is 52.4 Å². The Morgan fingerprint density at radius 3 is 2.62 bits per heavy atom. The van der Waals surface area contributed by atoms with Crippen LogP contribution in [-0.4, -0.2) is 29.4 Å². The summed E-state index contributed by atoms with van der Waals surface area (Å²) < 4.78 is 10.6. The first-order chi connectivity index (χ1) is 7.29. The molecule has 0 aromatic rings. The lowest BCUT2D eigenvalue weighted by Crippen LogP contribution is -2.43. The quantitative estimate of drug-likeness (QED) is 0.745. The van der Waals surface area contributed by atoms with Gasteiger partial charge in [0, 0.05) is 11.8 Å². The Labute approximate surface area is 94.7 Å². The van der Waals surface area contributed by atoms with E-state index in [9.17, 15) is 9.59 Å². The monoisotopic (exact) mass is 230 g/mol. The Morgan fingerprint density at radius 1 is 1.50 bits per heavy atom. The van der Waals surface area contributed by atoms with Crippen molar-refractivity contribution in [3.05, 3.63) is 0 Å². The van der Waals surface area contributed by atoms with Gasteiger partial charge in [-0.15, -0.1) is 0 Å². The van der Waals surface area contributed by atoms with E-state index in [1.54, 1.807) is 0 Å². The lowest BCUT2D eigenvalue weighted by Gasteiger charge is -2.36. The number of carboxylic acid groups (broad SMARTS) is 1. The van der Waals surface area contributed by atoms with Crippen molar-refractivity contribution in [2.24, 2.45) is 5.41 Å². The summed E-state index contributed by atoms with van der Waals surface area (Å²) >= 11 is 0. The van der Waals surface area contributed by atoms with Crippen molar-refractivity contribution in [1.82, 2.24) is 0 Å². The highest BCUT2D eigenvalue weighted by Crippen LogP contribution is 2.30. The van der Waals surface area contributed by atoms with Crippen LogP contribution in [0.3, 0.4) is 0 Å². The number of carbonyl (C=O) groups is 2. The van der Waals surface area contributed by atoms with Crippen LogP contribution in [0.2, 0.25) is 0 Å². The summed E-state index contributed by atoms with van der Waals surface area (Å²) in [5.74, 6) is -1.20. The highest BCUT2D eigenvalue weighted by Gasteiger charge is 2.36. The summed E-state index contributed by atoms with van der Waals surface area (Å²) in [5.41, 5.74) is -0.294. The standard InChI is InChI=1S/C11H18O5/c1-11(2,3)10-15-7(4-5-8(12)13)6-9(14)16-10/h7,10H,4-6H2,1-3H3,(H,12,13). The summed E-state index contributed by atoms with van der Waals surface area (Å²) in [6.07, 6.45) is -0.444. The van der Waals surface area contributed by atoms with Gasteiger partial charge in [-0.05, 0) is 6.42 Å². The maximum Gasteiger partial charge on any atom is 0.310 e. The average Bonchev–Trinajstić information content (AvgIpc) is 2.12. The first-order valence-electron chi connectivity index (χ1n) is 5.36. The molecule has 1 N–H and O–H groups in total. The predicted octanol–water partition coefficient (Wildman–Crippen LogP) is 1.56. The van der Waals surface area contributed by atoms with Gasteiger partial charge in [0.05, 0.1) is 12.5 Å². The molecule has 16 heavy (non-hydrogen) atoms. The number of esters is 1. The van der Waals surface area contributed by atoms with Gasteiger partial charge in [-0.25, -0.2) is 0 Å². The van der Waals surface area contributed by atoms with Crippen molar-refractivity contribution >= 4 is 11.9 Å². The van der Waals surface area contributed by atoms with E-state index < -0.39 is 12.3 Å². The van der Waals surface area contributed by atoms with Gasteiger partial charge < -0.3 is 14.6 Å². The van der Waals surface area contributed by atoms with Crippen LogP contribution in [0.4, 0.5) is 0 Å². The SMILES string of the molecule is CC(C)(C)C1OC(=O)CC(CCC(=O)O)O1. The van der Waals surface area contributed by atoms with Gasteiger partial charge in [-0.2, -0.15) is 0 Å². The molecule has 0 saturated carbocycles. The third-order valence-corrected chi connectivity index (χ3v) is 2.34. The maximum atomic E-state index is 11.3. The Hall–Kier alpha value is -1.10. The van der Waals surface area contributed by atoms with Gasteiger partial charge in [0.15, 0.2) is 0 Å². The summed E-state index contributed by atoms with van der Waals surface area (Å²) in [5, 5.41) is 8.56. The van der Waals surface area contributed by atoms with E-state index in [0.717, 1.165) is 0 Å². The van der Waals surface area contributed by atoms with E-state index in [-0.39, 0.29) is 30.3 Å². The Balaban J connectivity index is 2.54. The van der Waals surface area contributed by atoms with Crippen molar-refractivity contribution in [3.8, 4) is 0 Å². The summed E-state index contributed by atoms with van der Waals surface area (Å²) in [7, 11) is 0. The Bertz CT molecular complexity index is 279. The lowest BCUT2D eigenvalue weighted by atomic mass is 9.94. The first-order valence-corrected chi connectivity index (χ1v) is 5.36. The zero-order chi connectivity index (χ0) is 12.3. The number of rotatable bonds is 3. The van der Waals surface area contributed by atoms with E-state index in [0.29, 0.717) is 6.42 Å². The van der Waals surface area contributed by atoms with Gasteiger partial charge >= 0.3 is 11.9 Å². The summed E-state index contributed by atoms with van der Waals surface area (Å²) in [6, 6.07) is 0. The molecule has 92 valence electrons. The van der Waals surface area contributed by atoms with E-state index in [1.165, 1.54) is 0 Å². The molecule has 5 nitrogen and oxygen atoms in total. The molecule has 1 fully saturated rings. The van der Waals surface area contributed by atoms with E-state index >= 15 is 0 Å². The number of carbonyl (C=O) groups excluding carboxylic acids is 1. The molecular formula is C11H18O5. The minimum atomic E-state index is -0.880. The molecule has 0 aromatic heterocycles. The fourth-order valence-corrected chi connectivity index (χ4v) is 1.44. The van der Waals surface area contributed by atoms with E-state index in [1.807, 2.05) is 20.8 Å². The Kier molecular flexibility index (Phi) is 3.91. The number of carboxylic acids is 1. The maximum absolute atomic E-state index is 11.3. The second-order valence-electron chi connectivity index (χ2n) is 5.08. The van der Waals surface area contributed by atoms with E-state index in [2.05, 4.69) is 0 Å². The molecule has 0 aromatic carbocycles. The van der Waals surface area contributed by atoms with Crippen molar-refractivity contribution in [2.75, 3.05) is 0 Å². The second-order valence-corrected chi connectivity index (χ2v) is 5.08. The van der Waals surface area contributed by atoms with Crippen LogP contribution in [0.5, 0.6) is 0 Å². The molecule has 0 amide bonds. The highest BCUT2D eigenvalue weighted by atomic mass is 16.7. The van der Waals surface area contributed by atoms with Gasteiger partial charge in [0.1, 0.15) is 0 Å². The number of cyclic esters (lactones) is 1. The Morgan fingerprint density at radius 2 is 2.12 bits per heavy atom. The second kappa shape index (κ2) is 4.82. The molecule has 0 bridgehead atoms. The average molecular weight is 230 g/mol. The zero-order valence-electron chi connectivity index (χ0n) is 9.86. The lowest BCUT2D eigenvalue weighted by molar-refractivity contribution is -0.244. The molecule has 0 aliphatic carbocycles. The smallest absolute Gasteiger partial charge is 0.310 e. The van der Waals surface area contributed by atoms with Crippen LogP contribution in [0.15, 0.2) is 0 Å². The predicted molar refractivity (Wildman–Crippen MR) is 55.7 cm³/mol. The number of ether oxygens (including phenoxy) is 2. The summed E-state index contributed by atoms with van der Waals surface area (Å²) in [6.45, 7) is 5.72. The molecule has 1 heterocycles. The molecule has 2 atom stereocenters. The molecule has 5 heteroatoms. The number of aliphatic carboxylic acids is 1. The van der Waals surface area contributed by atoms with Gasteiger partial charge in [0.2, 0.25) is 6.29 Å². The molecule has 1 saturated heterocycles. The van der Waals surface area contributed by atoms with Crippen LogP contribution in [0, 0.1) is 5.41 Å². The van der Waals surface area contributed by atoms with Crippen molar-refractivity contribution < 1.29 is 24.2 Å². The van der Waals surface area contributed by atoms with E-state index in [4.69, 9.17) is 14.6 Å². The third-order valence-electron chi connectivity index (χ3n) is 2.34. The first kappa shape index (κ1) is 13.0. The third kappa shape index (κ3) is 3.81. The molecule has 1 aliphatic rings. The van der Waals surface area contributed by atoms with Gasteiger partial charge in [-0.1, -0.05) is 20.8 Å². The number of hydrogen-bond acceptors (Lipinski definition) is 4. The summed E-state index contributed by atoms with van der Waals surface area (Å²) in [4.78, 5) is 21.8. The van der Waals surface area contributed by atoms with Crippen LogP contribution >= 0.6 is 0 Å². The molecule has 1 aliphatic heterocycles. The topological polar surface area (TPSA) is 72.8 Å². The molecule has 2 unspecified atom stereocenters. The van der Waals surface area contributed by atoms with Crippen LogP contribution in [-0.2, 0) is 19.1 Å². The van der Waals surface area contributed by atoms with Crippen molar-refractivity contribution in [1.29, 1.82) is 0 Å². The molecular weight excluding hydrogens is 212 g/mol. The minimum Gasteiger partial charge on any atom is -0.481 e. The normalized spacial score (nSPS) is 26.3. The van der Waals surface area contributed by atoms with Crippen molar-refractivity contribution in [3.63, 3.8) is 0 Å². The fraction of sp³-hybridized carbons (Fsp3) is 0.818. The van der Waals surface area contributed by atoms with Gasteiger partial charge in [-0.3, -0.25) is 9.59 Å². The van der Waals surface area contributed by atoms with Gasteiger partial charge in [0.25, 0.3) is 0 Å². The van der Waals surface area contributed by atoms with Crippen LogP contribution in [0.25, 0.3) is 0 Å². The van der Waals surface area contributed by atoms with Crippen LogP contribution in [0.1, 0.15) is 40.0 Å².